The zero-order chi connectivity index (χ0) is 19.0. The van der Waals surface area contributed by atoms with E-state index in [4.69, 9.17) is 4.74 Å². The van der Waals surface area contributed by atoms with E-state index >= 15 is 0 Å². The lowest BCUT2D eigenvalue weighted by molar-refractivity contribution is 0.414. The highest BCUT2D eigenvalue weighted by Crippen LogP contribution is 2.28. The lowest BCUT2D eigenvalue weighted by atomic mass is 9.98. The third kappa shape index (κ3) is 6.49. The van der Waals surface area contributed by atoms with Crippen LogP contribution in [0.3, 0.4) is 0 Å². The van der Waals surface area contributed by atoms with Gasteiger partial charge >= 0.3 is 0 Å². The molecular weight excluding hydrogens is 352 g/mol. The summed E-state index contributed by atoms with van der Waals surface area (Å²) >= 11 is 0. The number of benzene rings is 1. The van der Waals surface area contributed by atoms with E-state index in [1.165, 1.54) is 11.8 Å². The first-order valence-corrected chi connectivity index (χ1v) is 10.9. The molecule has 0 saturated carbocycles. The Labute approximate surface area is 156 Å². The summed E-state index contributed by atoms with van der Waals surface area (Å²) in [5.74, 6) is 2.26. The van der Waals surface area contributed by atoms with Crippen molar-refractivity contribution >= 4 is 16.0 Å². The van der Waals surface area contributed by atoms with Crippen molar-refractivity contribution in [3.8, 4) is 5.75 Å². The van der Waals surface area contributed by atoms with Crippen LogP contribution in [0.25, 0.3) is 0 Å². The largest absolute Gasteiger partial charge is 0.497 e. The molecule has 1 unspecified atom stereocenters. The maximum Gasteiger partial charge on any atom is 0.208 e. The minimum atomic E-state index is -3.13. The minimum Gasteiger partial charge on any atom is -0.497 e. The molecule has 8 heteroatoms. The molecule has 1 heterocycles. The first-order chi connectivity index (χ1) is 12.4. The van der Waals surface area contributed by atoms with Crippen molar-refractivity contribution in [3.63, 3.8) is 0 Å². The summed E-state index contributed by atoms with van der Waals surface area (Å²) in [6, 6.07) is 8.28. The van der Waals surface area contributed by atoms with Gasteiger partial charge in [-0.2, -0.15) is 0 Å². The van der Waals surface area contributed by atoms with Gasteiger partial charge in [0.15, 0.2) is 5.96 Å². The molecular formula is C18H30N4O3S. The van der Waals surface area contributed by atoms with Crippen LogP contribution in [0.5, 0.6) is 5.75 Å². The number of hydrogen-bond donors (Lipinski definition) is 2. The van der Waals surface area contributed by atoms with Crippen LogP contribution in [-0.2, 0) is 10.0 Å². The van der Waals surface area contributed by atoms with Gasteiger partial charge in [-0.3, -0.25) is 4.99 Å². The Hall–Kier alpha value is -1.80. The summed E-state index contributed by atoms with van der Waals surface area (Å²) in [4.78, 5) is 6.93. The van der Waals surface area contributed by atoms with E-state index in [1.54, 1.807) is 7.11 Å². The highest BCUT2D eigenvalue weighted by Gasteiger charge is 2.26. The number of hydrogen-bond acceptors (Lipinski definition) is 4. The van der Waals surface area contributed by atoms with Gasteiger partial charge in [0.25, 0.3) is 0 Å². The van der Waals surface area contributed by atoms with Crippen LogP contribution in [0.4, 0.5) is 0 Å². The number of guanidine groups is 1. The Balaban J connectivity index is 1.89. The maximum absolute atomic E-state index is 11.1. The zero-order valence-corrected chi connectivity index (χ0v) is 16.7. The van der Waals surface area contributed by atoms with E-state index in [-0.39, 0.29) is 0 Å². The number of methoxy groups -OCH3 is 1. The number of aliphatic imine (C=N–C) groups is 1. The fourth-order valence-corrected chi connectivity index (χ4v) is 3.56. The lowest BCUT2D eigenvalue weighted by Gasteiger charge is -2.22. The van der Waals surface area contributed by atoms with Crippen molar-refractivity contribution in [2.24, 2.45) is 4.99 Å². The van der Waals surface area contributed by atoms with Gasteiger partial charge in [0.1, 0.15) is 5.75 Å². The average molecular weight is 383 g/mol. The van der Waals surface area contributed by atoms with Crippen LogP contribution in [0, 0.1) is 0 Å². The smallest absolute Gasteiger partial charge is 0.208 e. The molecule has 1 aromatic carbocycles. The van der Waals surface area contributed by atoms with Crippen LogP contribution in [0.1, 0.15) is 31.2 Å². The number of sulfonamides is 1. The van der Waals surface area contributed by atoms with Crippen molar-refractivity contribution < 1.29 is 13.2 Å². The highest BCUT2D eigenvalue weighted by atomic mass is 32.2. The minimum absolute atomic E-state index is 0.413. The van der Waals surface area contributed by atoms with Crippen molar-refractivity contribution in [1.29, 1.82) is 0 Å². The fourth-order valence-electron chi connectivity index (χ4n) is 3.05. The molecule has 1 atom stereocenters. The van der Waals surface area contributed by atoms with Gasteiger partial charge in [-0.15, -0.1) is 0 Å². The van der Waals surface area contributed by atoms with Gasteiger partial charge in [-0.1, -0.05) is 12.1 Å². The lowest BCUT2D eigenvalue weighted by Crippen LogP contribution is -2.40. The standard InChI is InChI=1S/C18H30N4O3S/c1-4-19-18(20-11-5-12-21-26(3,23)24)22-13-10-16(14-22)15-6-8-17(25-2)9-7-15/h6-9,16,21H,4-5,10-14H2,1-3H3,(H,19,20). The summed E-state index contributed by atoms with van der Waals surface area (Å²) < 4.78 is 29.9. The Morgan fingerprint density at radius 2 is 2.08 bits per heavy atom. The summed E-state index contributed by atoms with van der Waals surface area (Å²) in [6.07, 6.45) is 2.94. The topological polar surface area (TPSA) is 83.0 Å². The highest BCUT2D eigenvalue weighted by molar-refractivity contribution is 7.88. The zero-order valence-electron chi connectivity index (χ0n) is 15.9. The second kappa shape index (κ2) is 9.78. The van der Waals surface area contributed by atoms with E-state index < -0.39 is 10.0 Å². The third-order valence-electron chi connectivity index (χ3n) is 4.37. The Bertz CT molecular complexity index is 689. The quantitative estimate of drug-likeness (QED) is 0.403. The van der Waals surface area contributed by atoms with Crippen LogP contribution in [0.15, 0.2) is 29.3 Å². The van der Waals surface area contributed by atoms with Crippen molar-refractivity contribution in [2.75, 3.05) is 46.1 Å². The summed E-state index contributed by atoms with van der Waals surface area (Å²) in [5, 5.41) is 3.34. The SMILES string of the molecule is CCNC(=NCCCNS(C)(=O)=O)N1CCC(c2ccc(OC)cc2)C1. The van der Waals surface area contributed by atoms with Crippen LogP contribution in [-0.4, -0.2) is 65.4 Å². The maximum atomic E-state index is 11.1. The van der Waals surface area contributed by atoms with Gasteiger partial charge in [-0.05, 0) is 37.5 Å². The van der Waals surface area contributed by atoms with Gasteiger partial charge in [0.05, 0.1) is 13.4 Å². The molecule has 1 aliphatic heterocycles. The number of rotatable bonds is 8. The summed E-state index contributed by atoms with van der Waals surface area (Å²) in [5.41, 5.74) is 1.32. The van der Waals surface area contributed by atoms with Crippen LogP contribution >= 0.6 is 0 Å². The number of nitrogens with zero attached hydrogens (tertiary/aromatic N) is 2. The number of ether oxygens (including phenoxy) is 1. The Morgan fingerprint density at radius 3 is 2.69 bits per heavy atom. The van der Waals surface area contributed by atoms with Gasteiger partial charge in [0, 0.05) is 38.6 Å². The van der Waals surface area contributed by atoms with E-state index in [0.29, 0.717) is 25.4 Å². The van der Waals surface area contributed by atoms with Crippen LogP contribution in [0.2, 0.25) is 0 Å². The molecule has 26 heavy (non-hydrogen) atoms. The average Bonchev–Trinajstić information content (AvgIpc) is 3.09. The molecule has 0 amide bonds. The second-order valence-electron chi connectivity index (χ2n) is 6.46. The van der Waals surface area contributed by atoms with Crippen molar-refractivity contribution in [1.82, 2.24) is 14.9 Å². The van der Waals surface area contributed by atoms with Crippen molar-refractivity contribution in [2.45, 2.75) is 25.7 Å². The Kier molecular flexibility index (Phi) is 7.71. The number of nitrogens with one attached hydrogen (secondary N) is 2. The molecule has 1 fully saturated rings. The number of likely N-dealkylation sites (tertiary alicyclic amines) is 1. The predicted octanol–water partition coefficient (Wildman–Crippen LogP) is 1.39. The van der Waals surface area contributed by atoms with Gasteiger partial charge in [0.2, 0.25) is 10.0 Å². The van der Waals surface area contributed by atoms with Crippen LogP contribution < -0.4 is 14.8 Å². The first-order valence-electron chi connectivity index (χ1n) is 9.04. The molecule has 0 radical (unpaired) electrons. The van der Waals surface area contributed by atoms with Crippen molar-refractivity contribution in [3.05, 3.63) is 29.8 Å². The third-order valence-corrected chi connectivity index (χ3v) is 5.10. The molecule has 0 spiro atoms. The molecule has 1 saturated heterocycles. The fraction of sp³-hybridized carbons (Fsp3) is 0.611. The molecule has 1 aromatic rings. The van der Waals surface area contributed by atoms with E-state index in [0.717, 1.165) is 37.8 Å². The van der Waals surface area contributed by atoms with E-state index in [1.807, 2.05) is 12.1 Å². The van der Waals surface area contributed by atoms with E-state index in [9.17, 15) is 8.42 Å². The van der Waals surface area contributed by atoms with Gasteiger partial charge in [-0.25, -0.2) is 13.1 Å². The molecule has 0 aliphatic carbocycles. The molecule has 2 N–H and O–H groups in total. The summed E-state index contributed by atoms with van der Waals surface area (Å²) in [6.45, 7) is 5.76. The normalized spacial score (nSPS) is 18.2. The second-order valence-corrected chi connectivity index (χ2v) is 8.29. The van der Waals surface area contributed by atoms with Gasteiger partial charge < -0.3 is 15.0 Å². The molecule has 2 rings (SSSR count). The predicted molar refractivity (Wildman–Crippen MR) is 105 cm³/mol. The first kappa shape index (κ1) is 20.5. The summed E-state index contributed by atoms with van der Waals surface area (Å²) in [7, 11) is -1.45. The monoisotopic (exact) mass is 382 g/mol. The van der Waals surface area contributed by atoms with E-state index in [2.05, 4.69) is 39.0 Å². The Morgan fingerprint density at radius 1 is 1.35 bits per heavy atom. The molecule has 1 aliphatic rings. The molecule has 7 nitrogen and oxygen atoms in total. The molecule has 0 bridgehead atoms. The molecule has 0 aromatic heterocycles. The molecule has 146 valence electrons.